The summed E-state index contributed by atoms with van der Waals surface area (Å²) < 4.78 is 0. The van der Waals surface area contributed by atoms with Gasteiger partial charge in [0.15, 0.2) is 0 Å². The number of amides is 1. The molecule has 0 radical (unpaired) electrons. The Morgan fingerprint density at radius 2 is 1.62 bits per heavy atom. The largest absolute Gasteiger partial charge is 0.325 e. The molecule has 0 atom stereocenters. The van der Waals surface area contributed by atoms with Crippen molar-refractivity contribution in [2.75, 3.05) is 18.4 Å². The topological polar surface area (TPSA) is 32.3 Å². The number of hydrogen-bond donors (Lipinski definition) is 1. The molecule has 0 aromatic heterocycles. The Kier molecular flexibility index (Phi) is 6.90. The first-order valence-corrected chi connectivity index (χ1v) is 7.93. The molecule has 0 saturated carbocycles. The standard InChI is InChI=1S/C18H30N2O/c1-13(2)11-20(15(5)6)12-18(21)19-17-9-7-16(8-10-17)14(3)4/h7-10,13-15H,11-12H2,1-6H3,(H,19,21). The molecule has 0 fully saturated rings. The van der Waals surface area contributed by atoms with Gasteiger partial charge in [-0.3, -0.25) is 9.69 Å². The lowest BCUT2D eigenvalue weighted by Gasteiger charge is -2.27. The van der Waals surface area contributed by atoms with Crippen molar-refractivity contribution in [3.8, 4) is 0 Å². The maximum atomic E-state index is 12.2. The molecule has 0 unspecified atom stereocenters. The van der Waals surface area contributed by atoms with E-state index in [0.29, 0.717) is 24.4 Å². The fourth-order valence-electron chi connectivity index (χ4n) is 2.26. The fourth-order valence-corrected chi connectivity index (χ4v) is 2.26. The fraction of sp³-hybridized carbons (Fsp3) is 0.611. The van der Waals surface area contributed by atoms with Gasteiger partial charge in [-0.15, -0.1) is 0 Å². The molecular weight excluding hydrogens is 260 g/mol. The minimum Gasteiger partial charge on any atom is -0.325 e. The number of anilines is 1. The molecule has 1 amide bonds. The molecule has 3 heteroatoms. The molecule has 1 rings (SSSR count). The number of benzene rings is 1. The summed E-state index contributed by atoms with van der Waals surface area (Å²) in [6.07, 6.45) is 0. The Morgan fingerprint density at radius 1 is 1.05 bits per heavy atom. The third-order valence-corrected chi connectivity index (χ3v) is 3.54. The zero-order valence-electron chi connectivity index (χ0n) is 14.3. The lowest BCUT2D eigenvalue weighted by molar-refractivity contribution is -0.117. The van der Waals surface area contributed by atoms with E-state index in [-0.39, 0.29) is 5.91 Å². The summed E-state index contributed by atoms with van der Waals surface area (Å²) in [7, 11) is 0. The van der Waals surface area contributed by atoms with Gasteiger partial charge < -0.3 is 5.32 Å². The van der Waals surface area contributed by atoms with Crippen molar-refractivity contribution in [3.05, 3.63) is 29.8 Å². The van der Waals surface area contributed by atoms with E-state index in [2.05, 4.69) is 63.9 Å². The number of hydrogen-bond acceptors (Lipinski definition) is 2. The van der Waals surface area contributed by atoms with E-state index in [9.17, 15) is 4.79 Å². The second-order valence-electron chi connectivity index (χ2n) is 6.74. The van der Waals surface area contributed by atoms with Crippen LogP contribution < -0.4 is 5.32 Å². The first kappa shape index (κ1) is 17.7. The molecular formula is C18H30N2O. The highest BCUT2D eigenvalue weighted by atomic mass is 16.2. The Balaban J connectivity index is 2.59. The summed E-state index contributed by atoms with van der Waals surface area (Å²) in [4.78, 5) is 14.4. The lowest BCUT2D eigenvalue weighted by atomic mass is 10.0. The second kappa shape index (κ2) is 8.18. The molecule has 0 aliphatic rings. The van der Waals surface area contributed by atoms with E-state index in [0.717, 1.165) is 12.2 Å². The average molecular weight is 290 g/mol. The van der Waals surface area contributed by atoms with Gasteiger partial charge in [0.2, 0.25) is 5.91 Å². The monoisotopic (exact) mass is 290 g/mol. The van der Waals surface area contributed by atoms with Crippen LogP contribution in [0.25, 0.3) is 0 Å². The van der Waals surface area contributed by atoms with E-state index in [1.165, 1.54) is 5.56 Å². The van der Waals surface area contributed by atoms with Crippen molar-refractivity contribution in [1.29, 1.82) is 0 Å². The summed E-state index contributed by atoms with van der Waals surface area (Å²) in [5.74, 6) is 1.13. The first-order valence-electron chi connectivity index (χ1n) is 7.93. The minimum absolute atomic E-state index is 0.0571. The summed E-state index contributed by atoms with van der Waals surface area (Å²) in [6, 6.07) is 8.50. The van der Waals surface area contributed by atoms with Crippen LogP contribution in [0.15, 0.2) is 24.3 Å². The van der Waals surface area contributed by atoms with Gasteiger partial charge in [-0.1, -0.05) is 39.8 Å². The summed E-state index contributed by atoms with van der Waals surface area (Å²) in [5.41, 5.74) is 2.16. The third-order valence-electron chi connectivity index (χ3n) is 3.54. The van der Waals surface area contributed by atoms with E-state index in [4.69, 9.17) is 0 Å². The van der Waals surface area contributed by atoms with Gasteiger partial charge in [0.25, 0.3) is 0 Å². The molecule has 3 nitrogen and oxygen atoms in total. The Hall–Kier alpha value is -1.35. The maximum absolute atomic E-state index is 12.2. The van der Waals surface area contributed by atoms with E-state index in [1.807, 2.05) is 12.1 Å². The van der Waals surface area contributed by atoms with Gasteiger partial charge in [-0.25, -0.2) is 0 Å². The normalized spacial score (nSPS) is 11.7. The van der Waals surface area contributed by atoms with E-state index >= 15 is 0 Å². The van der Waals surface area contributed by atoms with Crippen LogP contribution in [-0.2, 0) is 4.79 Å². The molecule has 0 saturated heterocycles. The zero-order valence-corrected chi connectivity index (χ0v) is 14.3. The highest BCUT2D eigenvalue weighted by Gasteiger charge is 2.15. The average Bonchev–Trinajstić information content (AvgIpc) is 2.37. The van der Waals surface area contributed by atoms with Crippen LogP contribution in [0.4, 0.5) is 5.69 Å². The molecule has 0 aliphatic heterocycles. The van der Waals surface area contributed by atoms with Crippen LogP contribution in [-0.4, -0.2) is 29.9 Å². The molecule has 1 aromatic rings. The van der Waals surface area contributed by atoms with Gasteiger partial charge >= 0.3 is 0 Å². The van der Waals surface area contributed by atoms with Crippen LogP contribution >= 0.6 is 0 Å². The number of rotatable bonds is 7. The van der Waals surface area contributed by atoms with Crippen molar-refractivity contribution in [2.45, 2.75) is 53.5 Å². The van der Waals surface area contributed by atoms with Crippen LogP contribution in [0.3, 0.4) is 0 Å². The lowest BCUT2D eigenvalue weighted by Crippen LogP contribution is -2.40. The maximum Gasteiger partial charge on any atom is 0.238 e. The summed E-state index contributed by atoms with van der Waals surface area (Å²) in [5, 5.41) is 2.99. The van der Waals surface area contributed by atoms with Gasteiger partial charge in [-0.05, 0) is 43.4 Å². The molecule has 0 spiro atoms. The Morgan fingerprint density at radius 3 is 2.05 bits per heavy atom. The van der Waals surface area contributed by atoms with Crippen molar-refractivity contribution < 1.29 is 4.79 Å². The predicted molar refractivity (Wildman–Crippen MR) is 90.7 cm³/mol. The molecule has 1 aromatic carbocycles. The SMILES string of the molecule is CC(C)CN(CC(=O)Nc1ccc(C(C)C)cc1)C(C)C. The predicted octanol–water partition coefficient (Wildman–Crippen LogP) is 4.11. The second-order valence-corrected chi connectivity index (χ2v) is 6.74. The van der Waals surface area contributed by atoms with Gasteiger partial charge in [0.1, 0.15) is 0 Å². The summed E-state index contributed by atoms with van der Waals surface area (Å²) >= 11 is 0. The van der Waals surface area contributed by atoms with Crippen molar-refractivity contribution in [3.63, 3.8) is 0 Å². The molecule has 21 heavy (non-hydrogen) atoms. The van der Waals surface area contributed by atoms with Gasteiger partial charge in [0.05, 0.1) is 6.54 Å². The number of nitrogens with zero attached hydrogens (tertiary/aromatic N) is 1. The summed E-state index contributed by atoms with van der Waals surface area (Å²) in [6.45, 7) is 14.3. The third kappa shape index (κ3) is 6.30. The van der Waals surface area contributed by atoms with Crippen molar-refractivity contribution in [2.24, 2.45) is 5.92 Å². The Labute approximate surface area is 129 Å². The van der Waals surface area contributed by atoms with Crippen molar-refractivity contribution in [1.82, 2.24) is 4.90 Å². The van der Waals surface area contributed by atoms with Crippen molar-refractivity contribution >= 4 is 11.6 Å². The van der Waals surface area contributed by atoms with E-state index < -0.39 is 0 Å². The molecule has 0 heterocycles. The zero-order chi connectivity index (χ0) is 16.0. The molecule has 0 aliphatic carbocycles. The highest BCUT2D eigenvalue weighted by molar-refractivity contribution is 5.92. The molecule has 1 N–H and O–H groups in total. The number of nitrogens with one attached hydrogen (secondary N) is 1. The number of carbonyl (C=O) groups is 1. The highest BCUT2D eigenvalue weighted by Crippen LogP contribution is 2.17. The first-order chi connectivity index (χ1) is 9.79. The quantitative estimate of drug-likeness (QED) is 0.819. The molecule has 118 valence electrons. The van der Waals surface area contributed by atoms with Crippen LogP contribution in [0.1, 0.15) is 53.0 Å². The minimum atomic E-state index is 0.0571. The van der Waals surface area contributed by atoms with Crippen LogP contribution in [0, 0.1) is 5.92 Å². The van der Waals surface area contributed by atoms with Crippen LogP contribution in [0.5, 0.6) is 0 Å². The van der Waals surface area contributed by atoms with Crippen LogP contribution in [0.2, 0.25) is 0 Å². The van der Waals surface area contributed by atoms with Gasteiger partial charge in [-0.2, -0.15) is 0 Å². The number of carbonyl (C=O) groups excluding carboxylic acids is 1. The smallest absolute Gasteiger partial charge is 0.238 e. The van der Waals surface area contributed by atoms with E-state index in [1.54, 1.807) is 0 Å². The van der Waals surface area contributed by atoms with Gasteiger partial charge in [0, 0.05) is 18.3 Å². The molecule has 0 bridgehead atoms. The Bertz CT molecular complexity index is 435.